The molecule has 0 aromatic rings. The zero-order valence-electron chi connectivity index (χ0n) is 11.7. The molecule has 0 spiro atoms. The summed E-state index contributed by atoms with van der Waals surface area (Å²) in [7, 11) is 0. The van der Waals surface area contributed by atoms with Gasteiger partial charge in [-0.15, -0.1) is 0 Å². The monoisotopic (exact) mass is 288 g/mol. The molecule has 0 aromatic heterocycles. The van der Waals surface area contributed by atoms with E-state index in [1.165, 1.54) is 0 Å². The molecular weight excluding hydrogens is 264 g/mol. The third-order valence-corrected chi connectivity index (χ3v) is 4.22. The molecule has 0 bridgehead atoms. The molecule has 1 aliphatic rings. The van der Waals surface area contributed by atoms with Crippen molar-refractivity contribution in [3.05, 3.63) is 0 Å². The third kappa shape index (κ3) is 5.72. The van der Waals surface area contributed by atoms with E-state index in [-0.39, 0.29) is 11.4 Å². The van der Waals surface area contributed by atoms with E-state index in [0.717, 1.165) is 31.4 Å². The van der Waals surface area contributed by atoms with Gasteiger partial charge in [-0.3, -0.25) is 0 Å². The lowest BCUT2D eigenvalue weighted by Crippen LogP contribution is -2.47. The van der Waals surface area contributed by atoms with Gasteiger partial charge in [0.05, 0.1) is 0 Å². The SMILES string of the molecule is CCCC1(CNC(=O)NC(CCSC)C(=O)O)CC1. The van der Waals surface area contributed by atoms with Crippen LogP contribution in [0.3, 0.4) is 0 Å². The molecule has 2 amide bonds. The van der Waals surface area contributed by atoms with Crippen molar-refractivity contribution < 1.29 is 14.7 Å². The summed E-state index contributed by atoms with van der Waals surface area (Å²) in [4.78, 5) is 22.7. The standard InChI is InChI=1S/C13H24N2O3S/c1-3-5-13(6-7-13)9-14-12(18)15-10(11(16)17)4-8-19-2/h10H,3-9H2,1-2H3,(H,16,17)(H2,14,15,18). The molecule has 0 radical (unpaired) electrons. The Morgan fingerprint density at radius 3 is 2.58 bits per heavy atom. The first-order valence-corrected chi connectivity index (χ1v) is 8.18. The lowest BCUT2D eigenvalue weighted by atomic mass is 10.0. The minimum atomic E-state index is -0.973. The zero-order valence-corrected chi connectivity index (χ0v) is 12.5. The lowest BCUT2D eigenvalue weighted by Gasteiger charge is -2.18. The molecular formula is C13H24N2O3S. The van der Waals surface area contributed by atoms with Crippen LogP contribution in [0, 0.1) is 5.41 Å². The number of carbonyl (C=O) groups is 2. The van der Waals surface area contributed by atoms with E-state index in [9.17, 15) is 9.59 Å². The van der Waals surface area contributed by atoms with Gasteiger partial charge < -0.3 is 15.7 Å². The molecule has 0 saturated heterocycles. The second kappa shape index (κ2) is 7.62. The number of carbonyl (C=O) groups excluding carboxylic acids is 1. The topological polar surface area (TPSA) is 78.4 Å². The second-order valence-electron chi connectivity index (χ2n) is 5.25. The first-order chi connectivity index (χ1) is 9.03. The van der Waals surface area contributed by atoms with E-state index < -0.39 is 12.0 Å². The molecule has 1 atom stereocenters. The molecule has 110 valence electrons. The van der Waals surface area contributed by atoms with E-state index in [4.69, 9.17) is 5.11 Å². The summed E-state index contributed by atoms with van der Waals surface area (Å²) in [5.41, 5.74) is 0.282. The van der Waals surface area contributed by atoms with Gasteiger partial charge in [0, 0.05) is 6.54 Å². The van der Waals surface area contributed by atoms with E-state index in [1.54, 1.807) is 11.8 Å². The Morgan fingerprint density at radius 1 is 1.42 bits per heavy atom. The number of hydrogen-bond acceptors (Lipinski definition) is 3. The van der Waals surface area contributed by atoms with Crippen molar-refractivity contribution in [1.29, 1.82) is 0 Å². The summed E-state index contributed by atoms with van der Waals surface area (Å²) in [5.74, 6) is -0.254. The van der Waals surface area contributed by atoms with Crippen molar-refractivity contribution in [2.75, 3.05) is 18.6 Å². The quantitative estimate of drug-likeness (QED) is 0.607. The number of hydrogen-bond donors (Lipinski definition) is 3. The first kappa shape index (κ1) is 16.1. The molecule has 6 heteroatoms. The van der Waals surface area contributed by atoms with Crippen molar-refractivity contribution in [3.63, 3.8) is 0 Å². The molecule has 5 nitrogen and oxygen atoms in total. The molecule has 1 aliphatic carbocycles. The maximum absolute atomic E-state index is 11.7. The minimum absolute atomic E-state index is 0.282. The highest BCUT2D eigenvalue weighted by molar-refractivity contribution is 7.98. The van der Waals surface area contributed by atoms with Crippen LogP contribution in [0.1, 0.15) is 39.0 Å². The number of nitrogens with one attached hydrogen (secondary N) is 2. The van der Waals surface area contributed by atoms with Gasteiger partial charge >= 0.3 is 12.0 Å². The fourth-order valence-electron chi connectivity index (χ4n) is 2.19. The summed E-state index contributed by atoms with van der Waals surface area (Å²) >= 11 is 1.57. The van der Waals surface area contributed by atoms with Gasteiger partial charge in [-0.05, 0) is 43.1 Å². The van der Waals surface area contributed by atoms with Crippen molar-refractivity contribution >= 4 is 23.8 Å². The van der Waals surface area contributed by atoms with Crippen molar-refractivity contribution in [2.24, 2.45) is 5.41 Å². The Morgan fingerprint density at radius 2 is 2.11 bits per heavy atom. The molecule has 1 saturated carbocycles. The number of thioether (sulfide) groups is 1. The van der Waals surface area contributed by atoms with Gasteiger partial charge in [0.1, 0.15) is 6.04 Å². The average Bonchev–Trinajstić information content (AvgIpc) is 3.12. The molecule has 19 heavy (non-hydrogen) atoms. The largest absolute Gasteiger partial charge is 0.480 e. The highest BCUT2D eigenvalue weighted by Crippen LogP contribution is 2.48. The fourth-order valence-corrected chi connectivity index (χ4v) is 2.66. The van der Waals surface area contributed by atoms with E-state index in [2.05, 4.69) is 17.6 Å². The van der Waals surface area contributed by atoms with Crippen LogP contribution in [0.15, 0.2) is 0 Å². The van der Waals surface area contributed by atoms with Gasteiger partial charge in [-0.2, -0.15) is 11.8 Å². The van der Waals surface area contributed by atoms with Crippen molar-refractivity contribution in [1.82, 2.24) is 10.6 Å². The molecule has 1 fully saturated rings. The van der Waals surface area contributed by atoms with Crippen LogP contribution in [0.2, 0.25) is 0 Å². The number of urea groups is 1. The van der Waals surface area contributed by atoms with Crippen LogP contribution in [-0.2, 0) is 4.79 Å². The molecule has 1 unspecified atom stereocenters. The van der Waals surface area contributed by atoms with Crippen LogP contribution in [0.25, 0.3) is 0 Å². The zero-order chi connectivity index (χ0) is 14.3. The number of carboxylic acids is 1. The fraction of sp³-hybridized carbons (Fsp3) is 0.846. The highest BCUT2D eigenvalue weighted by atomic mass is 32.2. The van der Waals surface area contributed by atoms with Crippen LogP contribution >= 0.6 is 11.8 Å². The van der Waals surface area contributed by atoms with Crippen LogP contribution in [-0.4, -0.2) is 41.7 Å². The Bertz CT molecular complexity index is 319. The Hall–Kier alpha value is -0.910. The lowest BCUT2D eigenvalue weighted by molar-refractivity contribution is -0.139. The summed E-state index contributed by atoms with van der Waals surface area (Å²) in [6.07, 6.45) is 6.94. The van der Waals surface area contributed by atoms with Crippen molar-refractivity contribution in [3.8, 4) is 0 Å². The average molecular weight is 288 g/mol. The minimum Gasteiger partial charge on any atom is -0.480 e. The maximum atomic E-state index is 11.7. The number of carboxylic acid groups (broad SMARTS) is 1. The number of rotatable bonds is 9. The van der Waals surface area contributed by atoms with E-state index in [0.29, 0.717) is 13.0 Å². The van der Waals surface area contributed by atoms with Gasteiger partial charge in [0.15, 0.2) is 0 Å². The predicted octanol–water partition coefficient (Wildman–Crippen LogP) is 2.07. The summed E-state index contributed by atoms with van der Waals surface area (Å²) < 4.78 is 0. The number of amides is 2. The van der Waals surface area contributed by atoms with Gasteiger partial charge in [0.2, 0.25) is 0 Å². The molecule has 3 N–H and O–H groups in total. The maximum Gasteiger partial charge on any atom is 0.326 e. The summed E-state index contributed by atoms with van der Waals surface area (Å²) in [6, 6.07) is -1.16. The second-order valence-corrected chi connectivity index (χ2v) is 6.23. The number of aliphatic carboxylic acids is 1. The Kier molecular flexibility index (Phi) is 6.48. The molecule has 1 rings (SSSR count). The first-order valence-electron chi connectivity index (χ1n) is 6.79. The normalized spacial score (nSPS) is 17.6. The van der Waals surface area contributed by atoms with E-state index in [1.807, 2.05) is 6.26 Å². The van der Waals surface area contributed by atoms with Crippen LogP contribution in [0.5, 0.6) is 0 Å². The van der Waals surface area contributed by atoms with Gasteiger partial charge in [0.25, 0.3) is 0 Å². The summed E-state index contributed by atoms with van der Waals surface area (Å²) in [6.45, 7) is 2.80. The van der Waals surface area contributed by atoms with Gasteiger partial charge in [-0.1, -0.05) is 13.3 Å². The molecule has 0 aliphatic heterocycles. The molecule has 0 aromatic carbocycles. The third-order valence-electron chi connectivity index (χ3n) is 3.58. The predicted molar refractivity (Wildman–Crippen MR) is 77.5 cm³/mol. The van der Waals surface area contributed by atoms with Gasteiger partial charge in [-0.25, -0.2) is 9.59 Å². The molecule has 0 heterocycles. The van der Waals surface area contributed by atoms with Crippen LogP contribution in [0.4, 0.5) is 4.79 Å². The Balaban J connectivity index is 2.30. The summed E-state index contributed by atoms with van der Waals surface area (Å²) in [5, 5.41) is 14.4. The highest BCUT2D eigenvalue weighted by Gasteiger charge is 2.41. The van der Waals surface area contributed by atoms with Crippen molar-refractivity contribution in [2.45, 2.75) is 45.1 Å². The smallest absolute Gasteiger partial charge is 0.326 e. The van der Waals surface area contributed by atoms with E-state index >= 15 is 0 Å². The van der Waals surface area contributed by atoms with Crippen LogP contribution < -0.4 is 10.6 Å². The Labute approximate surface area is 118 Å².